The van der Waals surface area contributed by atoms with Crippen LogP contribution in [0.2, 0.25) is 0 Å². The van der Waals surface area contributed by atoms with Crippen LogP contribution in [0.15, 0.2) is 42.2 Å². The van der Waals surface area contributed by atoms with Crippen molar-refractivity contribution in [2.24, 2.45) is 11.8 Å². The predicted octanol–water partition coefficient (Wildman–Crippen LogP) is 4.71. The number of hydrogen-bond acceptors (Lipinski definition) is 3. The monoisotopic (exact) mass is 425 g/mol. The lowest BCUT2D eigenvalue weighted by Gasteiger charge is -2.09. The van der Waals surface area contributed by atoms with Gasteiger partial charge in [-0.2, -0.15) is 0 Å². The third kappa shape index (κ3) is 9.56. The number of imidazole rings is 1. The molecule has 31 heavy (non-hydrogen) atoms. The molecule has 1 heterocycles. The molecule has 4 heteroatoms. The number of benzene rings is 1. The van der Waals surface area contributed by atoms with Crippen LogP contribution in [0.3, 0.4) is 0 Å². The second-order valence-electron chi connectivity index (χ2n) is 9.43. The molecule has 0 aliphatic heterocycles. The van der Waals surface area contributed by atoms with Crippen LogP contribution in [-0.4, -0.2) is 21.3 Å². The highest BCUT2D eigenvalue weighted by atomic mass is 16.3. The van der Waals surface area contributed by atoms with E-state index in [2.05, 4.69) is 107 Å². The molecule has 0 aliphatic rings. The van der Waals surface area contributed by atoms with Crippen LogP contribution < -0.4 is 16.0 Å². The van der Waals surface area contributed by atoms with Gasteiger partial charge in [-0.25, -0.2) is 4.98 Å². The molecule has 1 aromatic carbocycles. The number of aromatic nitrogens is 2. The number of hydrogen-bond donors (Lipinski definition) is 2. The first kappa shape index (κ1) is 26.7. The van der Waals surface area contributed by atoms with E-state index in [1.165, 1.54) is 16.7 Å². The van der Waals surface area contributed by atoms with E-state index in [0.29, 0.717) is 18.6 Å². The van der Waals surface area contributed by atoms with Crippen molar-refractivity contribution in [1.82, 2.24) is 14.9 Å². The minimum absolute atomic E-state index is 0.332. The van der Waals surface area contributed by atoms with Gasteiger partial charge in [0.1, 0.15) is 5.35 Å². The molecule has 0 spiro atoms. The van der Waals surface area contributed by atoms with Gasteiger partial charge in [-0.05, 0) is 64.5 Å². The molecule has 1 atom stereocenters. The van der Waals surface area contributed by atoms with Gasteiger partial charge in [0.05, 0.1) is 17.4 Å². The molecule has 0 saturated carbocycles. The number of allylic oxidation sites excluding steroid dienone is 1. The Morgan fingerprint density at radius 1 is 1.13 bits per heavy atom. The molecule has 172 valence electrons. The maximum absolute atomic E-state index is 8.58. The van der Waals surface area contributed by atoms with E-state index in [4.69, 9.17) is 5.11 Å². The summed E-state index contributed by atoms with van der Waals surface area (Å²) in [6.45, 7) is 22.3. The lowest BCUT2D eigenvalue weighted by Crippen LogP contribution is -2.34. The van der Waals surface area contributed by atoms with Crippen LogP contribution in [0, 0.1) is 18.8 Å². The third-order valence-corrected chi connectivity index (χ3v) is 4.93. The highest BCUT2D eigenvalue weighted by Crippen LogP contribution is 2.09. The van der Waals surface area contributed by atoms with Crippen molar-refractivity contribution in [2.75, 3.05) is 6.61 Å². The minimum atomic E-state index is 0.332. The van der Waals surface area contributed by atoms with Crippen molar-refractivity contribution >= 4 is 12.3 Å². The summed E-state index contributed by atoms with van der Waals surface area (Å²) < 4.78 is 2.10. The first-order valence-corrected chi connectivity index (χ1v) is 11.4. The van der Waals surface area contributed by atoms with E-state index in [0.717, 1.165) is 35.3 Å². The summed E-state index contributed by atoms with van der Waals surface area (Å²) >= 11 is 0. The Balaban J connectivity index is 0.000000512. The first-order valence-electron chi connectivity index (χ1n) is 11.4. The minimum Gasteiger partial charge on any atom is -0.396 e. The first-order chi connectivity index (χ1) is 14.5. The van der Waals surface area contributed by atoms with Gasteiger partial charge in [0.2, 0.25) is 0 Å². The van der Waals surface area contributed by atoms with Crippen LogP contribution in [0.1, 0.15) is 72.1 Å². The molecular formula is C27H43N3O. The molecule has 0 saturated heterocycles. The second kappa shape index (κ2) is 13.2. The van der Waals surface area contributed by atoms with E-state index in [9.17, 15) is 0 Å². The van der Waals surface area contributed by atoms with E-state index in [-0.39, 0.29) is 0 Å². The molecule has 0 bridgehead atoms. The zero-order chi connectivity index (χ0) is 23.6. The molecule has 0 radical (unpaired) electrons. The summed E-state index contributed by atoms with van der Waals surface area (Å²) in [4.78, 5) is 4.57. The number of aliphatic hydroxyl groups is 1. The molecule has 2 N–H and O–H groups in total. The zero-order valence-corrected chi connectivity index (χ0v) is 20.9. The summed E-state index contributed by atoms with van der Waals surface area (Å²) in [6, 6.07) is 8.94. The smallest absolute Gasteiger partial charge is 0.111 e. The molecule has 1 aromatic heterocycles. The lowest BCUT2D eigenvalue weighted by atomic mass is 10.0. The average Bonchev–Trinajstić information content (AvgIpc) is 3.07. The van der Waals surface area contributed by atoms with Gasteiger partial charge in [0.25, 0.3) is 0 Å². The van der Waals surface area contributed by atoms with Crippen LogP contribution in [0.5, 0.6) is 0 Å². The molecule has 2 aromatic rings. The van der Waals surface area contributed by atoms with Crippen molar-refractivity contribution in [2.45, 2.75) is 74.4 Å². The number of nitrogens with one attached hydrogen (secondary N) is 1. The Morgan fingerprint density at radius 3 is 2.16 bits per heavy atom. The molecule has 0 fully saturated rings. The van der Waals surface area contributed by atoms with E-state index >= 15 is 0 Å². The van der Waals surface area contributed by atoms with Crippen LogP contribution in [0.4, 0.5) is 0 Å². The van der Waals surface area contributed by atoms with Gasteiger partial charge >= 0.3 is 0 Å². The number of rotatable bonds is 8. The molecule has 2 rings (SSSR count). The van der Waals surface area contributed by atoms with Gasteiger partial charge in [-0.1, -0.05) is 62.8 Å². The van der Waals surface area contributed by atoms with Crippen molar-refractivity contribution < 1.29 is 5.11 Å². The highest BCUT2D eigenvalue weighted by Gasteiger charge is 2.05. The van der Waals surface area contributed by atoms with Gasteiger partial charge < -0.3 is 15.0 Å². The number of aliphatic hydroxyl groups excluding tert-OH is 1. The van der Waals surface area contributed by atoms with Gasteiger partial charge in [-0.15, -0.1) is 0 Å². The van der Waals surface area contributed by atoms with Gasteiger partial charge in [-0.3, -0.25) is 0 Å². The Hall–Kier alpha value is -2.33. The summed E-state index contributed by atoms with van der Waals surface area (Å²) in [5, 5.41) is 14.0. The molecule has 0 aliphatic carbocycles. The summed E-state index contributed by atoms with van der Waals surface area (Å²) in [6.07, 6.45) is 5.14. The molecule has 1 unspecified atom stereocenters. The summed E-state index contributed by atoms with van der Waals surface area (Å²) in [7, 11) is 0. The fourth-order valence-corrected chi connectivity index (χ4v) is 3.33. The molecular weight excluding hydrogens is 382 g/mol. The Morgan fingerprint density at radius 2 is 1.74 bits per heavy atom. The standard InChI is InChI=1S/C20H27N3.C7H16O/c1-14(2)11-19(20-17(6)23(13-22-20)15(3)4)21-12-18-9-7-16(5)8-10-18;1-6(2)4-7(3)5-8/h7-11,13,15,21H,6,12H2,1-5H3;6-8H,4-5H2,1-3H3/b20-19-;. The quantitative estimate of drug-likeness (QED) is 0.644. The van der Waals surface area contributed by atoms with Crippen molar-refractivity contribution in [3.8, 4) is 0 Å². The van der Waals surface area contributed by atoms with Gasteiger partial charge in [0, 0.05) is 19.2 Å². The fraction of sp³-hybridized carbons (Fsp3) is 0.519. The highest BCUT2D eigenvalue weighted by molar-refractivity contribution is 5.54. The number of nitrogens with zero attached hydrogens (tertiary/aromatic N) is 2. The molecule has 0 amide bonds. The SMILES string of the molecule is C=c1/c(=C(\C=C(C)C)NCc2ccc(C)cc2)ncn1C(C)C.CC(C)CC(C)CO. The summed E-state index contributed by atoms with van der Waals surface area (Å²) in [5.41, 5.74) is 4.78. The largest absolute Gasteiger partial charge is 0.396 e. The topological polar surface area (TPSA) is 50.1 Å². The maximum atomic E-state index is 8.58. The Kier molecular flexibility index (Phi) is 11.3. The second-order valence-corrected chi connectivity index (χ2v) is 9.43. The van der Waals surface area contributed by atoms with Crippen LogP contribution in [0.25, 0.3) is 12.3 Å². The maximum Gasteiger partial charge on any atom is 0.111 e. The molecule has 4 nitrogen and oxygen atoms in total. The lowest BCUT2D eigenvalue weighted by molar-refractivity contribution is 0.218. The van der Waals surface area contributed by atoms with Crippen molar-refractivity contribution in [1.29, 1.82) is 0 Å². The van der Waals surface area contributed by atoms with E-state index in [1.807, 2.05) is 6.33 Å². The van der Waals surface area contributed by atoms with Crippen LogP contribution in [-0.2, 0) is 6.54 Å². The van der Waals surface area contributed by atoms with Gasteiger partial charge in [0.15, 0.2) is 0 Å². The third-order valence-electron chi connectivity index (χ3n) is 4.93. The van der Waals surface area contributed by atoms with E-state index in [1.54, 1.807) is 0 Å². The predicted molar refractivity (Wildman–Crippen MR) is 134 cm³/mol. The fourth-order valence-electron chi connectivity index (χ4n) is 3.33. The number of aryl methyl sites for hydroxylation is 1. The van der Waals surface area contributed by atoms with Crippen molar-refractivity contribution in [3.63, 3.8) is 0 Å². The van der Waals surface area contributed by atoms with Crippen LogP contribution >= 0.6 is 0 Å². The average molecular weight is 426 g/mol. The van der Waals surface area contributed by atoms with E-state index < -0.39 is 0 Å². The Labute approximate surface area is 189 Å². The van der Waals surface area contributed by atoms with Crippen molar-refractivity contribution in [3.05, 3.63) is 64.1 Å². The Bertz CT molecular complexity index is 916. The summed E-state index contributed by atoms with van der Waals surface area (Å²) in [5.74, 6) is 1.20. The normalized spacial score (nSPS) is 12.9. The zero-order valence-electron chi connectivity index (χ0n) is 20.9.